The number of benzene rings is 1. The molecule has 0 bridgehead atoms. The van der Waals surface area contributed by atoms with Gasteiger partial charge in [0, 0.05) is 19.0 Å². The Morgan fingerprint density at radius 2 is 2.23 bits per heavy atom. The van der Waals surface area contributed by atoms with Crippen LogP contribution >= 0.6 is 15.9 Å². The number of hydrogen-bond acceptors (Lipinski definition) is 5. The second kappa shape index (κ2) is 8.00. The van der Waals surface area contributed by atoms with Crippen LogP contribution in [0.3, 0.4) is 0 Å². The minimum absolute atomic E-state index is 0.00612. The number of rotatable bonds is 4. The van der Waals surface area contributed by atoms with E-state index in [1.165, 1.54) is 4.90 Å². The molecule has 1 aromatic rings. The zero-order chi connectivity index (χ0) is 18.7. The van der Waals surface area contributed by atoms with Crippen LogP contribution in [0.5, 0.6) is 5.75 Å². The third-order valence-corrected chi connectivity index (χ3v) is 4.96. The Bertz CT molecular complexity index is 728. The summed E-state index contributed by atoms with van der Waals surface area (Å²) < 4.78 is 11.5. The maximum atomic E-state index is 12.5. The van der Waals surface area contributed by atoms with Gasteiger partial charge in [-0.15, -0.1) is 0 Å². The summed E-state index contributed by atoms with van der Waals surface area (Å²) in [4.78, 5) is 26.4. The molecular weight excluding hydrogens is 408 g/mol. The number of halogens is 1. The van der Waals surface area contributed by atoms with Crippen LogP contribution in [0.1, 0.15) is 13.3 Å². The highest BCUT2D eigenvalue weighted by molar-refractivity contribution is 9.10. The summed E-state index contributed by atoms with van der Waals surface area (Å²) in [5.74, 6) is 0.599. The lowest BCUT2D eigenvalue weighted by atomic mass is 10.1. The SMILES string of the molecule is CC1CC(CN2CCN(C(=O)Oc3ccccc3Br)C2=N[N+](=O)[O-])CO1. The molecule has 2 fully saturated rings. The Kier molecular flexibility index (Phi) is 5.72. The van der Waals surface area contributed by atoms with Gasteiger partial charge >= 0.3 is 6.09 Å². The number of nitro groups is 1. The summed E-state index contributed by atoms with van der Waals surface area (Å²) in [6, 6.07) is 6.91. The zero-order valence-corrected chi connectivity index (χ0v) is 15.8. The fourth-order valence-corrected chi connectivity index (χ4v) is 3.51. The van der Waals surface area contributed by atoms with E-state index >= 15 is 0 Å². The molecule has 2 aliphatic heterocycles. The molecule has 9 nitrogen and oxygen atoms in total. The first-order chi connectivity index (χ1) is 12.4. The molecule has 0 saturated carbocycles. The van der Waals surface area contributed by atoms with E-state index in [1.807, 2.05) is 6.92 Å². The van der Waals surface area contributed by atoms with Crippen molar-refractivity contribution < 1.29 is 19.3 Å². The summed E-state index contributed by atoms with van der Waals surface area (Å²) in [5, 5.41) is 13.6. The van der Waals surface area contributed by atoms with Gasteiger partial charge < -0.3 is 14.4 Å². The third-order valence-electron chi connectivity index (χ3n) is 4.30. The average molecular weight is 427 g/mol. The van der Waals surface area contributed by atoms with Crippen LogP contribution in [0.4, 0.5) is 4.79 Å². The smallest absolute Gasteiger partial charge is 0.409 e. The molecule has 2 aliphatic rings. The highest BCUT2D eigenvalue weighted by atomic mass is 79.9. The molecule has 2 unspecified atom stereocenters. The molecule has 2 atom stereocenters. The van der Waals surface area contributed by atoms with Crippen LogP contribution in [-0.4, -0.2) is 59.2 Å². The van der Waals surface area contributed by atoms with Crippen LogP contribution in [-0.2, 0) is 4.74 Å². The Labute approximate surface area is 158 Å². The Balaban J connectivity index is 1.73. The maximum Gasteiger partial charge on any atom is 0.422 e. The molecule has 1 amide bonds. The minimum atomic E-state index is -0.792. The van der Waals surface area contributed by atoms with E-state index in [9.17, 15) is 14.9 Å². The highest BCUT2D eigenvalue weighted by Gasteiger charge is 2.37. The van der Waals surface area contributed by atoms with Gasteiger partial charge in [0.25, 0.3) is 5.96 Å². The lowest BCUT2D eigenvalue weighted by Crippen LogP contribution is -2.41. The van der Waals surface area contributed by atoms with Gasteiger partial charge in [-0.05, 0) is 41.4 Å². The van der Waals surface area contributed by atoms with Gasteiger partial charge in [-0.25, -0.2) is 19.8 Å². The largest absolute Gasteiger partial charge is 0.422 e. The highest BCUT2D eigenvalue weighted by Crippen LogP contribution is 2.26. The first kappa shape index (κ1) is 18.6. The predicted octanol–water partition coefficient (Wildman–Crippen LogP) is 2.54. The predicted molar refractivity (Wildman–Crippen MR) is 96.4 cm³/mol. The van der Waals surface area contributed by atoms with Crippen molar-refractivity contribution in [1.29, 1.82) is 0 Å². The van der Waals surface area contributed by atoms with Crippen molar-refractivity contribution in [3.8, 4) is 5.75 Å². The van der Waals surface area contributed by atoms with E-state index in [4.69, 9.17) is 9.47 Å². The molecule has 1 aromatic carbocycles. The molecule has 140 valence electrons. The maximum absolute atomic E-state index is 12.5. The summed E-state index contributed by atoms with van der Waals surface area (Å²) in [7, 11) is 0. The van der Waals surface area contributed by atoms with E-state index < -0.39 is 11.1 Å². The van der Waals surface area contributed by atoms with Gasteiger partial charge in [0.05, 0.1) is 23.7 Å². The standard InChI is InChI=1S/C16H19BrN4O5/c1-11-8-12(10-25-11)9-19-6-7-20(15(19)18-21(23)24)16(22)26-14-5-3-2-4-13(14)17/h2-5,11-12H,6-10H2,1H3. The third kappa shape index (κ3) is 4.31. The van der Waals surface area contributed by atoms with Crippen molar-refractivity contribution in [1.82, 2.24) is 9.80 Å². The van der Waals surface area contributed by atoms with Crippen LogP contribution in [0.15, 0.2) is 33.8 Å². The minimum Gasteiger partial charge on any atom is -0.409 e. The van der Waals surface area contributed by atoms with E-state index in [0.29, 0.717) is 29.9 Å². The van der Waals surface area contributed by atoms with E-state index in [0.717, 1.165) is 6.42 Å². The Hall–Kier alpha value is -2.20. The lowest BCUT2D eigenvalue weighted by molar-refractivity contribution is -0.486. The molecule has 0 aliphatic carbocycles. The monoisotopic (exact) mass is 426 g/mol. The number of guanidine groups is 1. The second-order valence-corrected chi connectivity index (χ2v) is 7.13. The molecule has 26 heavy (non-hydrogen) atoms. The average Bonchev–Trinajstić information content (AvgIpc) is 3.16. The van der Waals surface area contributed by atoms with E-state index in [1.54, 1.807) is 29.2 Å². The summed E-state index contributed by atoms with van der Waals surface area (Å²) in [5.41, 5.74) is 0. The fourth-order valence-electron chi connectivity index (χ4n) is 3.15. The van der Waals surface area contributed by atoms with Gasteiger partial charge in [-0.1, -0.05) is 12.1 Å². The van der Waals surface area contributed by atoms with E-state index in [2.05, 4.69) is 21.0 Å². The van der Waals surface area contributed by atoms with Crippen molar-refractivity contribution in [2.45, 2.75) is 19.4 Å². The van der Waals surface area contributed by atoms with Crippen molar-refractivity contribution in [3.63, 3.8) is 0 Å². The molecular formula is C16H19BrN4O5. The molecule has 0 N–H and O–H groups in total. The fraction of sp³-hybridized carbons (Fsp3) is 0.500. The second-order valence-electron chi connectivity index (χ2n) is 6.28. The van der Waals surface area contributed by atoms with Gasteiger partial charge in [0.2, 0.25) is 0 Å². The first-order valence-corrected chi connectivity index (χ1v) is 9.06. The molecule has 10 heteroatoms. The van der Waals surface area contributed by atoms with E-state index in [-0.39, 0.29) is 24.5 Å². The van der Waals surface area contributed by atoms with Crippen LogP contribution in [0.2, 0.25) is 0 Å². The Morgan fingerprint density at radius 3 is 2.88 bits per heavy atom. The van der Waals surface area contributed by atoms with Crippen molar-refractivity contribution in [2.24, 2.45) is 11.0 Å². The molecule has 0 spiro atoms. The van der Waals surface area contributed by atoms with Crippen LogP contribution in [0.25, 0.3) is 0 Å². The number of para-hydroxylation sites is 1. The van der Waals surface area contributed by atoms with Crippen LogP contribution in [0, 0.1) is 16.0 Å². The molecule has 2 heterocycles. The van der Waals surface area contributed by atoms with Crippen LogP contribution < -0.4 is 4.74 Å². The summed E-state index contributed by atoms with van der Waals surface area (Å²) in [6.45, 7) is 3.89. The number of amides is 1. The van der Waals surface area contributed by atoms with Gasteiger partial charge in [0.15, 0.2) is 5.03 Å². The Morgan fingerprint density at radius 1 is 1.46 bits per heavy atom. The molecule has 2 saturated heterocycles. The van der Waals surface area contributed by atoms with Crippen molar-refractivity contribution in [3.05, 3.63) is 38.9 Å². The zero-order valence-electron chi connectivity index (χ0n) is 14.2. The number of nitrogens with zero attached hydrogens (tertiary/aromatic N) is 4. The molecule has 3 rings (SSSR count). The van der Waals surface area contributed by atoms with Gasteiger partial charge in [0.1, 0.15) is 10.9 Å². The number of carbonyl (C=O) groups is 1. The molecule has 0 aromatic heterocycles. The number of hydrazone groups is 1. The number of ether oxygens (including phenoxy) is 2. The molecule has 0 radical (unpaired) electrons. The van der Waals surface area contributed by atoms with Crippen molar-refractivity contribution >= 4 is 28.0 Å². The van der Waals surface area contributed by atoms with Gasteiger partial charge in [-0.2, -0.15) is 0 Å². The van der Waals surface area contributed by atoms with Crippen molar-refractivity contribution in [2.75, 3.05) is 26.2 Å². The number of carbonyl (C=O) groups excluding carboxylic acids is 1. The normalized spacial score (nSPS) is 24.3. The number of hydrogen-bond donors (Lipinski definition) is 0. The van der Waals surface area contributed by atoms with Gasteiger partial charge in [-0.3, -0.25) is 0 Å². The quantitative estimate of drug-likeness (QED) is 0.541. The summed E-state index contributed by atoms with van der Waals surface area (Å²) >= 11 is 3.31. The first-order valence-electron chi connectivity index (χ1n) is 8.27. The summed E-state index contributed by atoms with van der Waals surface area (Å²) in [6.07, 6.45) is 0.356. The topological polar surface area (TPSA) is 97.5 Å². The lowest BCUT2D eigenvalue weighted by Gasteiger charge is -2.21.